The topological polar surface area (TPSA) is 123 Å². The van der Waals surface area contributed by atoms with Gasteiger partial charge in [-0.05, 0) is 43.5 Å². The quantitative estimate of drug-likeness (QED) is 0.640. The van der Waals surface area contributed by atoms with Crippen molar-refractivity contribution in [3.8, 4) is 6.07 Å². The Bertz CT molecular complexity index is 940. The van der Waals surface area contributed by atoms with Crippen LogP contribution in [0.3, 0.4) is 0 Å². The molecule has 0 radical (unpaired) electrons. The second-order valence-electron chi connectivity index (χ2n) is 8.21. The molecule has 0 bridgehead atoms. The van der Waals surface area contributed by atoms with Crippen molar-refractivity contribution in [2.45, 2.75) is 44.8 Å². The van der Waals surface area contributed by atoms with E-state index < -0.39 is 23.6 Å². The van der Waals surface area contributed by atoms with E-state index in [1.807, 2.05) is 19.1 Å². The van der Waals surface area contributed by atoms with Gasteiger partial charge in [-0.15, -0.1) is 0 Å². The molecule has 8 nitrogen and oxygen atoms in total. The molecule has 164 valence electrons. The van der Waals surface area contributed by atoms with Crippen LogP contribution >= 0.6 is 0 Å². The predicted octanol–water partition coefficient (Wildman–Crippen LogP) is 2.45. The van der Waals surface area contributed by atoms with Crippen LogP contribution in [0.15, 0.2) is 36.0 Å². The molecule has 2 aliphatic rings. The Hall–Kier alpha value is -3.41. The highest BCUT2D eigenvalue weighted by Crippen LogP contribution is 2.35. The fourth-order valence-corrected chi connectivity index (χ4v) is 3.78. The van der Waals surface area contributed by atoms with Gasteiger partial charge >= 0.3 is 5.97 Å². The number of carbonyl (C=O) groups is 3. The lowest BCUT2D eigenvalue weighted by atomic mass is 9.77. The molecule has 2 amide bonds. The van der Waals surface area contributed by atoms with Crippen molar-refractivity contribution in [2.75, 3.05) is 18.4 Å². The van der Waals surface area contributed by atoms with E-state index in [9.17, 15) is 18.8 Å². The van der Waals surface area contributed by atoms with E-state index in [4.69, 9.17) is 10.4 Å². The first kappa shape index (κ1) is 22.3. The summed E-state index contributed by atoms with van der Waals surface area (Å²) in [6.45, 7) is 1.79. The summed E-state index contributed by atoms with van der Waals surface area (Å²) in [4.78, 5) is 37.3. The first-order chi connectivity index (χ1) is 14.7. The van der Waals surface area contributed by atoms with E-state index >= 15 is 0 Å². The van der Waals surface area contributed by atoms with Gasteiger partial charge in [0, 0.05) is 17.8 Å². The van der Waals surface area contributed by atoms with Crippen LogP contribution in [0.1, 0.15) is 43.0 Å². The Kier molecular flexibility index (Phi) is 6.59. The largest absolute Gasteiger partial charge is 0.478 e. The van der Waals surface area contributed by atoms with Crippen molar-refractivity contribution in [1.82, 2.24) is 10.2 Å². The SMILES string of the molecule is CC1(C(=O)Nc2ccc(C(=O)O)cc2)CC=C(NCC(=O)N2C[C@@H](F)C[C@H]2C#N)CC1. The molecule has 0 aromatic heterocycles. The Labute approximate surface area is 179 Å². The molecule has 1 heterocycles. The molecule has 0 saturated carbocycles. The molecule has 3 atom stereocenters. The Morgan fingerprint density at radius 1 is 1.32 bits per heavy atom. The number of halogens is 1. The van der Waals surface area contributed by atoms with E-state index in [0.717, 1.165) is 5.70 Å². The van der Waals surface area contributed by atoms with Crippen LogP contribution in [-0.2, 0) is 9.59 Å². The molecule has 3 rings (SSSR count). The van der Waals surface area contributed by atoms with Crippen LogP contribution in [0.2, 0.25) is 0 Å². The number of carboxylic acids is 1. The number of rotatable bonds is 6. The molecule has 0 spiro atoms. The molecule has 1 aromatic rings. The summed E-state index contributed by atoms with van der Waals surface area (Å²) in [6.07, 6.45) is 2.38. The normalized spacial score (nSPS) is 25.3. The second kappa shape index (κ2) is 9.16. The maximum Gasteiger partial charge on any atom is 0.335 e. The molecule has 1 aromatic carbocycles. The van der Waals surface area contributed by atoms with Crippen molar-refractivity contribution < 1.29 is 23.9 Å². The van der Waals surface area contributed by atoms with Gasteiger partial charge in [0.25, 0.3) is 0 Å². The standard InChI is InChI=1S/C22H25FN4O4/c1-22(21(31)26-17-4-2-14(3-5-17)20(29)30)8-6-16(7-9-22)25-12-19(28)27-13-15(23)10-18(27)11-24/h2-6,15,18,25H,7-10,12-13H2,1H3,(H,26,31)(H,29,30)/t15-,18-,22?/m0/s1. The minimum atomic E-state index is -1.16. The Morgan fingerprint density at radius 3 is 2.61 bits per heavy atom. The third-order valence-electron chi connectivity index (χ3n) is 5.87. The third-order valence-corrected chi connectivity index (χ3v) is 5.87. The van der Waals surface area contributed by atoms with Crippen molar-refractivity contribution in [3.63, 3.8) is 0 Å². The summed E-state index contributed by atoms with van der Waals surface area (Å²) in [5.74, 6) is -1.51. The summed E-state index contributed by atoms with van der Waals surface area (Å²) in [5.41, 5.74) is 0.878. The van der Waals surface area contributed by atoms with E-state index in [1.165, 1.54) is 17.0 Å². The summed E-state index contributed by atoms with van der Waals surface area (Å²) in [5, 5.41) is 23.9. The van der Waals surface area contributed by atoms with E-state index in [1.54, 1.807) is 12.1 Å². The Balaban J connectivity index is 1.52. The number of nitrogens with zero attached hydrogens (tertiary/aromatic N) is 2. The van der Waals surface area contributed by atoms with Gasteiger partial charge in [-0.25, -0.2) is 9.18 Å². The third kappa shape index (κ3) is 5.20. The molecular weight excluding hydrogens is 403 g/mol. The van der Waals surface area contributed by atoms with Crippen LogP contribution in [0.4, 0.5) is 10.1 Å². The van der Waals surface area contributed by atoms with Crippen LogP contribution in [-0.4, -0.2) is 53.1 Å². The van der Waals surface area contributed by atoms with Crippen LogP contribution in [0.5, 0.6) is 0 Å². The number of nitriles is 1. The molecule has 1 aliphatic heterocycles. The van der Waals surface area contributed by atoms with Gasteiger partial charge in [0.05, 0.1) is 30.1 Å². The second-order valence-corrected chi connectivity index (χ2v) is 8.21. The molecular formula is C22H25FN4O4. The monoisotopic (exact) mass is 428 g/mol. The number of amides is 2. The lowest BCUT2D eigenvalue weighted by Crippen LogP contribution is -2.41. The fourth-order valence-electron chi connectivity index (χ4n) is 3.78. The van der Waals surface area contributed by atoms with Gasteiger partial charge < -0.3 is 20.6 Å². The van der Waals surface area contributed by atoms with Crippen LogP contribution < -0.4 is 10.6 Å². The maximum absolute atomic E-state index is 13.5. The smallest absolute Gasteiger partial charge is 0.335 e. The highest BCUT2D eigenvalue weighted by Gasteiger charge is 2.36. The molecule has 3 N–H and O–H groups in total. The minimum Gasteiger partial charge on any atom is -0.478 e. The number of hydrogen-bond donors (Lipinski definition) is 3. The van der Waals surface area contributed by atoms with Gasteiger partial charge in [0.15, 0.2) is 0 Å². The van der Waals surface area contributed by atoms with Crippen molar-refractivity contribution >= 4 is 23.5 Å². The van der Waals surface area contributed by atoms with Crippen molar-refractivity contribution in [1.29, 1.82) is 5.26 Å². The number of anilines is 1. The molecule has 1 unspecified atom stereocenters. The number of alkyl halides is 1. The van der Waals surface area contributed by atoms with Gasteiger partial charge in [0.2, 0.25) is 11.8 Å². The predicted molar refractivity (Wildman–Crippen MR) is 111 cm³/mol. The summed E-state index contributed by atoms with van der Waals surface area (Å²) in [6, 6.07) is 7.21. The zero-order chi connectivity index (χ0) is 22.6. The average molecular weight is 428 g/mol. The highest BCUT2D eigenvalue weighted by atomic mass is 19.1. The minimum absolute atomic E-state index is 0.0183. The summed E-state index contributed by atoms with van der Waals surface area (Å²) >= 11 is 0. The van der Waals surface area contributed by atoms with Gasteiger partial charge in [0.1, 0.15) is 12.2 Å². The van der Waals surface area contributed by atoms with Crippen LogP contribution in [0.25, 0.3) is 0 Å². The van der Waals surface area contributed by atoms with Gasteiger partial charge in [-0.3, -0.25) is 9.59 Å². The molecule has 31 heavy (non-hydrogen) atoms. The number of carbonyl (C=O) groups excluding carboxylic acids is 2. The van der Waals surface area contributed by atoms with Gasteiger partial charge in [-0.2, -0.15) is 5.26 Å². The Morgan fingerprint density at radius 2 is 2.03 bits per heavy atom. The van der Waals surface area contributed by atoms with E-state index in [2.05, 4.69) is 10.6 Å². The fraction of sp³-hybridized carbons (Fsp3) is 0.455. The number of likely N-dealkylation sites (tertiary alicyclic amines) is 1. The lowest BCUT2D eigenvalue weighted by Gasteiger charge is -2.32. The van der Waals surface area contributed by atoms with Crippen molar-refractivity contribution in [2.24, 2.45) is 5.41 Å². The highest BCUT2D eigenvalue weighted by molar-refractivity contribution is 5.96. The molecule has 1 aliphatic carbocycles. The number of aromatic carboxylic acids is 1. The number of nitrogens with one attached hydrogen (secondary N) is 2. The first-order valence-electron chi connectivity index (χ1n) is 10.1. The number of allylic oxidation sites excluding steroid dienone is 2. The summed E-state index contributed by atoms with van der Waals surface area (Å²) in [7, 11) is 0. The zero-order valence-electron chi connectivity index (χ0n) is 17.2. The first-order valence-corrected chi connectivity index (χ1v) is 10.1. The average Bonchev–Trinajstić information content (AvgIpc) is 3.14. The molecule has 9 heteroatoms. The maximum atomic E-state index is 13.5. The van der Waals surface area contributed by atoms with Crippen molar-refractivity contribution in [3.05, 3.63) is 41.6 Å². The summed E-state index contributed by atoms with van der Waals surface area (Å²) < 4.78 is 13.5. The number of carboxylic acid groups (broad SMARTS) is 1. The van der Waals surface area contributed by atoms with Crippen LogP contribution in [0, 0.1) is 16.7 Å². The van der Waals surface area contributed by atoms with Gasteiger partial charge in [-0.1, -0.05) is 13.0 Å². The number of benzene rings is 1. The zero-order valence-corrected chi connectivity index (χ0v) is 17.2. The molecule has 1 saturated heterocycles. The van der Waals surface area contributed by atoms with E-state index in [0.29, 0.717) is 24.9 Å². The van der Waals surface area contributed by atoms with E-state index in [-0.39, 0.29) is 36.9 Å². The molecule has 1 fully saturated rings. The number of hydrogen-bond acceptors (Lipinski definition) is 5. The lowest BCUT2D eigenvalue weighted by molar-refractivity contribution is -0.130.